The number of nitrogens with one attached hydrogen (secondary N) is 1. The summed E-state index contributed by atoms with van der Waals surface area (Å²) in [5, 5.41) is 0.953. The van der Waals surface area contributed by atoms with E-state index in [2.05, 4.69) is 36.6 Å². The van der Waals surface area contributed by atoms with Gasteiger partial charge >= 0.3 is 0 Å². The van der Waals surface area contributed by atoms with Gasteiger partial charge in [-0.05, 0) is 52.7 Å². The molecule has 2 rings (SSSR count). The summed E-state index contributed by atoms with van der Waals surface area (Å²) in [5.41, 5.74) is 0. The fourth-order valence-corrected chi connectivity index (χ4v) is 5.49. The molecule has 1 aromatic rings. The molecule has 1 aromatic carbocycles. The Balaban J connectivity index is 2.04. The standard InChI is InChI=1S/C13H17Br2NO2S/c14-8-10-4-3-5-11(10)9-16-19(17,18)13-7-2-1-6-12(13)15/h1-2,6-7,10-11,16H,3-5,8-9H2. The van der Waals surface area contributed by atoms with E-state index in [1.165, 1.54) is 12.8 Å². The summed E-state index contributed by atoms with van der Waals surface area (Å²) in [6, 6.07) is 6.89. The maximum Gasteiger partial charge on any atom is 0.241 e. The third-order valence-electron chi connectivity index (χ3n) is 3.68. The molecular weight excluding hydrogens is 394 g/mol. The molecular formula is C13H17Br2NO2S. The number of alkyl halides is 1. The lowest BCUT2D eigenvalue weighted by atomic mass is 9.99. The molecule has 0 heterocycles. The highest BCUT2D eigenvalue weighted by Gasteiger charge is 2.28. The molecule has 2 unspecified atom stereocenters. The summed E-state index contributed by atoms with van der Waals surface area (Å²) in [7, 11) is -3.42. The summed E-state index contributed by atoms with van der Waals surface area (Å²) >= 11 is 6.79. The summed E-state index contributed by atoms with van der Waals surface area (Å²) in [6.07, 6.45) is 3.49. The number of rotatable bonds is 5. The molecule has 0 amide bonds. The minimum absolute atomic E-state index is 0.309. The van der Waals surface area contributed by atoms with Crippen LogP contribution >= 0.6 is 31.9 Å². The Kier molecular flexibility index (Phi) is 5.45. The Morgan fingerprint density at radius 2 is 1.89 bits per heavy atom. The quantitative estimate of drug-likeness (QED) is 0.754. The van der Waals surface area contributed by atoms with Gasteiger partial charge in [-0.3, -0.25) is 0 Å². The van der Waals surface area contributed by atoms with Crippen molar-refractivity contribution >= 4 is 41.9 Å². The second-order valence-corrected chi connectivity index (χ2v) is 8.12. The van der Waals surface area contributed by atoms with Gasteiger partial charge in [-0.15, -0.1) is 0 Å². The van der Waals surface area contributed by atoms with E-state index in [9.17, 15) is 8.42 Å². The van der Waals surface area contributed by atoms with E-state index in [1.54, 1.807) is 24.3 Å². The molecule has 2 atom stereocenters. The van der Waals surface area contributed by atoms with E-state index in [4.69, 9.17) is 0 Å². The van der Waals surface area contributed by atoms with Gasteiger partial charge in [0.15, 0.2) is 0 Å². The Bertz CT molecular complexity index is 533. The highest BCUT2D eigenvalue weighted by atomic mass is 79.9. The molecule has 0 spiro atoms. The van der Waals surface area contributed by atoms with E-state index in [-0.39, 0.29) is 0 Å². The average molecular weight is 411 g/mol. The van der Waals surface area contributed by atoms with Gasteiger partial charge in [0, 0.05) is 16.3 Å². The molecule has 1 aliphatic rings. The lowest BCUT2D eigenvalue weighted by Crippen LogP contribution is -2.31. The van der Waals surface area contributed by atoms with Crippen LogP contribution in [0.4, 0.5) is 0 Å². The highest BCUT2D eigenvalue weighted by molar-refractivity contribution is 9.10. The van der Waals surface area contributed by atoms with Gasteiger partial charge in [0.2, 0.25) is 10.0 Å². The number of hydrogen-bond donors (Lipinski definition) is 1. The summed E-state index contributed by atoms with van der Waals surface area (Å²) in [4.78, 5) is 0.309. The zero-order valence-electron chi connectivity index (χ0n) is 10.5. The molecule has 0 saturated heterocycles. The monoisotopic (exact) mass is 409 g/mol. The summed E-state index contributed by atoms with van der Waals surface area (Å²) in [6.45, 7) is 0.528. The molecule has 1 saturated carbocycles. The number of sulfonamides is 1. The second kappa shape index (κ2) is 6.70. The molecule has 6 heteroatoms. The van der Waals surface area contributed by atoms with Gasteiger partial charge < -0.3 is 0 Å². The first-order valence-corrected chi connectivity index (χ1v) is 9.74. The van der Waals surface area contributed by atoms with E-state index in [1.807, 2.05) is 0 Å². The van der Waals surface area contributed by atoms with Crippen molar-refractivity contribution in [2.75, 3.05) is 11.9 Å². The van der Waals surface area contributed by atoms with Gasteiger partial charge in [0.25, 0.3) is 0 Å². The highest BCUT2D eigenvalue weighted by Crippen LogP contribution is 2.32. The van der Waals surface area contributed by atoms with Crippen LogP contribution in [0.25, 0.3) is 0 Å². The van der Waals surface area contributed by atoms with Crippen molar-refractivity contribution in [1.29, 1.82) is 0 Å². The zero-order chi connectivity index (χ0) is 13.9. The van der Waals surface area contributed by atoms with Crippen LogP contribution in [-0.4, -0.2) is 20.3 Å². The van der Waals surface area contributed by atoms with Gasteiger partial charge in [-0.25, -0.2) is 13.1 Å². The molecule has 0 bridgehead atoms. The van der Waals surface area contributed by atoms with Crippen LogP contribution in [0.1, 0.15) is 19.3 Å². The van der Waals surface area contributed by atoms with Crippen molar-refractivity contribution in [1.82, 2.24) is 4.72 Å². The van der Waals surface area contributed by atoms with E-state index in [0.29, 0.717) is 27.7 Å². The van der Waals surface area contributed by atoms with Crippen molar-refractivity contribution in [2.24, 2.45) is 11.8 Å². The molecule has 0 radical (unpaired) electrons. The maximum absolute atomic E-state index is 12.3. The lowest BCUT2D eigenvalue weighted by molar-refractivity contribution is 0.422. The number of benzene rings is 1. The number of hydrogen-bond acceptors (Lipinski definition) is 2. The zero-order valence-corrected chi connectivity index (χ0v) is 14.5. The van der Waals surface area contributed by atoms with Gasteiger partial charge in [-0.1, -0.05) is 34.5 Å². The van der Waals surface area contributed by atoms with Crippen LogP contribution in [0.15, 0.2) is 33.6 Å². The van der Waals surface area contributed by atoms with Crippen LogP contribution in [0.3, 0.4) is 0 Å². The Labute approximate surface area is 131 Å². The molecule has 0 aromatic heterocycles. The first kappa shape index (κ1) is 15.5. The molecule has 3 nitrogen and oxygen atoms in total. The van der Waals surface area contributed by atoms with Gasteiger partial charge in [0.05, 0.1) is 4.90 Å². The molecule has 1 fully saturated rings. The molecule has 1 N–H and O–H groups in total. The van der Waals surface area contributed by atoms with E-state index < -0.39 is 10.0 Å². The smallest absolute Gasteiger partial charge is 0.211 e. The number of halogens is 2. The van der Waals surface area contributed by atoms with Crippen LogP contribution in [0.5, 0.6) is 0 Å². The van der Waals surface area contributed by atoms with E-state index in [0.717, 1.165) is 11.8 Å². The molecule has 106 valence electrons. The molecule has 19 heavy (non-hydrogen) atoms. The lowest BCUT2D eigenvalue weighted by Gasteiger charge is -2.18. The van der Waals surface area contributed by atoms with Crippen LogP contribution in [0.2, 0.25) is 0 Å². The predicted molar refractivity (Wildman–Crippen MR) is 84.0 cm³/mol. The topological polar surface area (TPSA) is 46.2 Å². The van der Waals surface area contributed by atoms with Crippen molar-refractivity contribution in [2.45, 2.75) is 24.2 Å². The molecule has 0 aliphatic heterocycles. The average Bonchev–Trinajstić information content (AvgIpc) is 2.84. The van der Waals surface area contributed by atoms with Crippen LogP contribution in [-0.2, 0) is 10.0 Å². The first-order chi connectivity index (χ1) is 9.04. The minimum atomic E-state index is -3.42. The fraction of sp³-hybridized carbons (Fsp3) is 0.538. The largest absolute Gasteiger partial charge is 0.241 e. The van der Waals surface area contributed by atoms with Crippen molar-refractivity contribution in [3.63, 3.8) is 0 Å². The van der Waals surface area contributed by atoms with E-state index >= 15 is 0 Å². The third kappa shape index (κ3) is 3.80. The molecule has 1 aliphatic carbocycles. The first-order valence-electron chi connectivity index (χ1n) is 6.35. The Morgan fingerprint density at radius 1 is 1.21 bits per heavy atom. The summed E-state index contributed by atoms with van der Waals surface area (Å²) < 4.78 is 27.9. The van der Waals surface area contributed by atoms with Crippen molar-refractivity contribution < 1.29 is 8.42 Å². The SMILES string of the molecule is O=S(=O)(NCC1CCCC1CBr)c1ccccc1Br. The predicted octanol–water partition coefficient (Wildman–Crippen LogP) is 3.54. The van der Waals surface area contributed by atoms with Gasteiger partial charge in [0.1, 0.15) is 0 Å². The van der Waals surface area contributed by atoms with Crippen molar-refractivity contribution in [3.05, 3.63) is 28.7 Å². The minimum Gasteiger partial charge on any atom is -0.211 e. The maximum atomic E-state index is 12.3. The van der Waals surface area contributed by atoms with Crippen LogP contribution < -0.4 is 4.72 Å². The third-order valence-corrected chi connectivity index (χ3v) is 6.94. The summed E-state index contributed by atoms with van der Waals surface area (Å²) in [5.74, 6) is 1.03. The Morgan fingerprint density at radius 3 is 2.58 bits per heavy atom. The van der Waals surface area contributed by atoms with Gasteiger partial charge in [-0.2, -0.15) is 0 Å². The second-order valence-electron chi connectivity index (χ2n) is 4.89. The Hall–Kier alpha value is 0.0900. The fourth-order valence-electron chi connectivity index (χ4n) is 2.54. The van der Waals surface area contributed by atoms with Crippen molar-refractivity contribution in [3.8, 4) is 0 Å². The van der Waals surface area contributed by atoms with Crippen LogP contribution in [0, 0.1) is 11.8 Å². The normalized spacial score (nSPS) is 23.7.